The van der Waals surface area contributed by atoms with Crippen LogP contribution in [0.25, 0.3) is 0 Å². The van der Waals surface area contributed by atoms with E-state index in [0.29, 0.717) is 6.42 Å². The van der Waals surface area contributed by atoms with Gasteiger partial charge in [-0.1, -0.05) is 12.8 Å². The lowest BCUT2D eigenvalue weighted by Gasteiger charge is -2.19. The van der Waals surface area contributed by atoms with Gasteiger partial charge in [0, 0.05) is 52.9 Å². The summed E-state index contributed by atoms with van der Waals surface area (Å²) >= 11 is 0. The molecule has 0 spiro atoms. The van der Waals surface area contributed by atoms with Gasteiger partial charge in [-0.3, -0.25) is 9.79 Å². The molecule has 28 heavy (non-hydrogen) atoms. The molecule has 0 saturated carbocycles. The van der Waals surface area contributed by atoms with Crippen LogP contribution in [0, 0.1) is 0 Å². The van der Waals surface area contributed by atoms with Crippen molar-refractivity contribution in [3.63, 3.8) is 0 Å². The van der Waals surface area contributed by atoms with Crippen LogP contribution >= 0.6 is 0 Å². The zero-order chi connectivity index (χ0) is 21.3. The van der Waals surface area contributed by atoms with Gasteiger partial charge in [0.25, 0.3) is 0 Å². The lowest BCUT2D eigenvalue weighted by Crippen LogP contribution is -2.41. The zero-order valence-electron chi connectivity index (χ0n) is 19.1. The second kappa shape index (κ2) is 16.6. The molecule has 0 amide bonds. The predicted octanol–water partition coefficient (Wildman–Crippen LogP) is 2.80. The molecule has 0 radical (unpaired) electrons. The van der Waals surface area contributed by atoms with E-state index in [1.807, 2.05) is 20.8 Å². The first-order valence-electron chi connectivity index (χ1n) is 10.7. The van der Waals surface area contributed by atoms with Gasteiger partial charge in [0.1, 0.15) is 5.60 Å². The van der Waals surface area contributed by atoms with E-state index >= 15 is 0 Å². The molecule has 0 unspecified atom stereocenters. The fourth-order valence-electron chi connectivity index (χ4n) is 2.62. The summed E-state index contributed by atoms with van der Waals surface area (Å²) in [7, 11) is 3.86. The van der Waals surface area contributed by atoms with E-state index < -0.39 is 0 Å². The number of methoxy groups -OCH3 is 1. The lowest BCUT2D eigenvalue weighted by molar-refractivity contribution is -0.154. The van der Waals surface area contributed by atoms with Gasteiger partial charge in [0.05, 0.1) is 0 Å². The molecule has 0 aliphatic heterocycles. The molecule has 0 rings (SSSR count). The highest BCUT2D eigenvalue weighted by atomic mass is 16.6. The van der Waals surface area contributed by atoms with Crippen molar-refractivity contribution in [1.29, 1.82) is 0 Å². The number of esters is 1. The Hall–Kier alpha value is -1.34. The number of carbonyl (C=O) groups is 1. The van der Waals surface area contributed by atoms with Crippen LogP contribution in [0.15, 0.2) is 4.99 Å². The number of unbranched alkanes of at least 4 members (excludes halogenated alkanes) is 3. The minimum absolute atomic E-state index is 0.101. The monoisotopic (exact) mass is 400 g/mol. The molecule has 7 nitrogen and oxygen atoms in total. The number of aliphatic imine (C=N–C) groups is 1. The fourth-order valence-corrected chi connectivity index (χ4v) is 2.62. The number of rotatable bonds is 15. The maximum Gasteiger partial charge on any atom is 0.306 e. The molecule has 166 valence electrons. The van der Waals surface area contributed by atoms with E-state index in [1.165, 1.54) is 0 Å². The average molecular weight is 401 g/mol. The van der Waals surface area contributed by atoms with Crippen LogP contribution in [-0.2, 0) is 14.3 Å². The Bertz CT molecular complexity index is 422. The van der Waals surface area contributed by atoms with Crippen molar-refractivity contribution >= 4 is 11.9 Å². The molecule has 0 aromatic rings. The Kier molecular flexibility index (Phi) is 15.8. The first-order valence-corrected chi connectivity index (χ1v) is 10.7. The Morgan fingerprint density at radius 3 is 2.39 bits per heavy atom. The molecule has 0 fully saturated rings. The van der Waals surface area contributed by atoms with E-state index in [9.17, 15) is 4.79 Å². The number of likely N-dealkylation sites (N-methyl/N-ethyl adjacent to an activating group) is 1. The van der Waals surface area contributed by atoms with E-state index in [4.69, 9.17) is 9.47 Å². The molecule has 0 saturated heterocycles. The molecular weight excluding hydrogens is 356 g/mol. The highest BCUT2D eigenvalue weighted by Crippen LogP contribution is 2.11. The molecule has 0 aliphatic rings. The van der Waals surface area contributed by atoms with E-state index in [0.717, 1.165) is 77.4 Å². The molecule has 7 heteroatoms. The summed E-state index contributed by atoms with van der Waals surface area (Å²) < 4.78 is 10.4. The summed E-state index contributed by atoms with van der Waals surface area (Å²) in [6, 6.07) is 0. The van der Waals surface area contributed by atoms with Gasteiger partial charge in [-0.05, 0) is 54.0 Å². The molecule has 0 aromatic carbocycles. The minimum Gasteiger partial charge on any atom is -0.460 e. The number of carbonyl (C=O) groups excluding carboxylic acids is 1. The first-order chi connectivity index (χ1) is 13.3. The number of ether oxygens (including phenoxy) is 2. The van der Waals surface area contributed by atoms with Crippen molar-refractivity contribution in [2.75, 3.05) is 53.5 Å². The standard InChI is InChI=1S/C21H44N4O3/c1-7-22-20(24-15-17-25(5)16-12-18-27-6)23-14-11-9-8-10-13-19(26)28-21(2,3)4/h7-18H2,1-6H3,(H2,22,23,24). The van der Waals surface area contributed by atoms with Gasteiger partial charge in [-0.25, -0.2) is 0 Å². The molecule has 0 aliphatic carbocycles. The molecule has 0 bridgehead atoms. The van der Waals surface area contributed by atoms with Crippen LogP contribution in [0.4, 0.5) is 0 Å². The maximum absolute atomic E-state index is 11.7. The third-order valence-corrected chi connectivity index (χ3v) is 4.00. The van der Waals surface area contributed by atoms with Gasteiger partial charge in [-0.15, -0.1) is 0 Å². The van der Waals surface area contributed by atoms with E-state index in [2.05, 4.69) is 34.5 Å². The van der Waals surface area contributed by atoms with Gasteiger partial charge in [-0.2, -0.15) is 0 Å². The largest absolute Gasteiger partial charge is 0.460 e. The molecule has 0 atom stereocenters. The SMILES string of the molecule is CCNC(=NCCCCCCC(=O)OC(C)(C)C)NCCN(C)CCCOC. The summed E-state index contributed by atoms with van der Waals surface area (Å²) in [6.45, 7) is 13.1. The minimum atomic E-state index is -0.389. The van der Waals surface area contributed by atoms with Crippen LogP contribution in [0.5, 0.6) is 0 Å². The zero-order valence-corrected chi connectivity index (χ0v) is 19.1. The van der Waals surface area contributed by atoms with Gasteiger partial charge in [0.2, 0.25) is 0 Å². The summed E-state index contributed by atoms with van der Waals surface area (Å²) in [5.41, 5.74) is -0.389. The second-order valence-electron chi connectivity index (χ2n) is 8.09. The number of hydrogen-bond donors (Lipinski definition) is 2. The van der Waals surface area contributed by atoms with Crippen LogP contribution in [0.3, 0.4) is 0 Å². The van der Waals surface area contributed by atoms with E-state index in [1.54, 1.807) is 7.11 Å². The summed E-state index contributed by atoms with van der Waals surface area (Å²) in [5, 5.41) is 6.67. The summed E-state index contributed by atoms with van der Waals surface area (Å²) in [4.78, 5) is 18.6. The number of nitrogens with one attached hydrogen (secondary N) is 2. The van der Waals surface area contributed by atoms with Crippen molar-refractivity contribution < 1.29 is 14.3 Å². The number of guanidine groups is 1. The topological polar surface area (TPSA) is 75.2 Å². The average Bonchev–Trinajstić information content (AvgIpc) is 2.59. The lowest BCUT2D eigenvalue weighted by atomic mass is 10.1. The van der Waals surface area contributed by atoms with Gasteiger partial charge >= 0.3 is 5.97 Å². The van der Waals surface area contributed by atoms with Crippen LogP contribution < -0.4 is 10.6 Å². The van der Waals surface area contributed by atoms with Crippen LogP contribution in [-0.4, -0.2) is 75.9 Å². The third kappa shape index (κ3) is 18.0. The quantitative estimate of drug-likeness (QED) is 0.191. The third-order valence-electron chi connectivity index (χ3n) is 4.00. The van der Waals surface area contributed by atoms with E-state index in [-0.39, 0.29) is 11.6 Å². The van der Waals surface area contributed by atoms with Crippen molar-refractivity contribution in [1.82, 2.24) is 15.5 Å². The highest BCUT2D eigenvalue weighted by Gasteiger charge is 2.15. The van der Waals surface area contributed by atoms with Gasteiger partial charge in [0.15, 0.2) is 5.96 Å². The van der Waals surface area contributed by atoms with Gasteiger partial charge < -0.3 is 25.0 Å². The first kappa shape index (κ1) is 26.7. The van der Waals surface area contributed by atoms with Crippen LogP contribution in [0.1, 0.15) is 66.2 Å². The van der Waals surface area contributed by atoms with Crippen molar-refractivity contribution in [2.24, 2.45) is 4.99 Å². The maximum atomic E-state index is 11.7. The molecule has 0 heterocycles. The van der Waals surface area contributed by atoms with Crippen molar-refractivity contribution in [2.45, 2.75) is 71.8 Å². The Morgan fingerprint density at radius 1 is 1.04 bits per heavy atom. The Labute approximate surface area is 172 Å². The smallest absolute Gasteiger partial charge is 0.306 e. The summed E-state index contributed by atoms with van der Waals surface area (Å²) in [5.74, 6) is 0.776. The fraction of sp³-hybridized carbons (Fsp3) is 0.905. The normalized spacial score (nSPS) is 12.3. The van der Waals surface area contributed by atoms with Crippen molar-refractivity contribution in [3.8, 4) is 0 Å². The summed E-state index contributed by atoms with van der Waals surface area (Å²) in [6.07, 6.45) is 5.57. The Balaban J connectivity index is 3.86. The number of hydrogen-bond acceptors (Lipinski definition) is 5. The molecule has 0 aromatic heterocycles. The Morgan fingerprint density at radius 2 is 1.75 bits per heavy atom. The predicted molar refractivity (Wildman–Crippen MR) is 117 cm³/mol. The van der Waals surface area contributed by atoms with Crippen molar-refractivity contribution in [3.05, 3.63) is 0 Å². The second-order valence-corrected chi connectivity index (χ2v) is 8.09. The molecule has 2 N–H and O–H groups in total. The van der Waals surface area contributed by atoms with Crippen LogP contribution in [0.2, 0.25) is 0 Å². The molecular formula is C21H44N4O3. The number of nitrogens with zero attached hydrogens (tertiary/aromatic N) is 2. The highest BCUT2D eigenvalue weighted by molar-refractivity contribution is 5.79.